The lowest BCUT2D eigenvalue weighted by Gasteiger charge is -2.47. The van der Waals surface area contributed by atoms with E-state index in [0.29, 0.717) is 47.3 Å². The standard InChI is InChI=1S/2C20H20N4O.C19H17F2N5O2S/c1-19(25)15-4-5-16-17(15)13(6-11-22-16)14-12-24(23-18(14)19)20(9-10-21)7-2-3-8-20;1-25-19-14-4-5-16-17(14)13(6-11-22-16)15-12-24(23-18(15)19)20(9-10-21)7-2-3-8-20;1-2-29(27,28)25-10-18(11-25,6-7-22)26-9-13-12-5-8-23-15-4-3-14(16(12)15)19(20,21)17(13)24-26/h4,6,11-12,25H,2-3,5,7-9H2,1H3;4,6,11-12,19H,2-3,5,7-9H2,1H3;3,5,8-9H,2,4,6,10-11H2,1H3. The summed E-state index contributed by atoms with van der Waals surface area (Å²) in [5.74, 6) is -3.32. The second kappa shape index (κ2) is 18.3. The molecule has 9 aliphatic rings. The monoisotopic (exact) mass is 1080 g/mol. The molecule has 20 heteroatoms. The number of allylic oxidation sites excluding steroid dienone is 4. The van der Waals surface area contributed by atoms with E-state index < -0.39 is 27.1 Å². The molecule has 0 spiro atoms. The molecule has 0 bridgehead atoms. The molecule has 8 aliphatic carbocycles. The van der Waals surface area contributed by atoms with E-state index in [1.807, 2.05) is 30.1 Å². The lowest BCUT2D eigenvalue weighted by atomic mass is 9.78. The number of fused-ring (bicyclic) bond motifs is 6. The summed E-state index contributed by atoms with van der Waals surface area (Å²) < 4.78 is 67.3. The van der Waals surface area contributed by atoms with Crippen molar-refractivity contribution in [3.05, 3.63) is 124 Å². The Morgan fingerprint density at radius 3 is 1.66 bits per heavy atom. The van der Waals surface area contributed by atoms with Crippen molar-refractivity contribution < 1.29 is 27.0 Å². The second-order valence-electron chi connectivity index (χ2n) is 22.6. The molecule has 79 heavy (non-hydrogen) atoms. The normalized spacial score (nSPS) is 22.7. The fourth-order valence-electron chi connectivity index (χ4n) is 14.2. The lowest BCUT2D eigenvalue weighted by Crippen LogP contribution is -2.64. The Hall–Kier alpha value is -7.54. The third-order valence-corrected chi connectivity index (χ3v) is 20.1. The highest BCUT2D eigenvalue weighted by molar-refractivity contribution is 7.89. The summed E-state index contributed by atoms with van der Waals surface area (Å²) in [4.78, 5) is 13.2. The van der Waals surface area contributed by atoms with Crippen LogP contribution < -0.4 is 0 Å². The fraction of sp³-hybridized carbons (Fsp3) is 0.441. The summed E-state index contributed by atoms with van der Waals surface area (Å²) in [7, 11) is -1.68. The quantitative estimate of drug-likeness (QED) is 0.142. The molecule has 0 amide bonds. The van der Waals surface area contributed by atoms with E-state index in [9.17, 15) is 29.3 Å². The summed E-state index contributed by atoms with van der Waals surface area (Å²) in [6.45, 7) is 3.45. The topological polar surface area (TPSA) is 230 Å². The molecule has 3 fully saturated rings. The van der Waals surface area contributed by atoms with Crippen LogP contribution >= 0.6 is 0 Å². The van der Waals surface area contributed by atoms with Crippen LogP contribution in [-0.2, 0) is 62.2 Å². The molecule has 2 atom stereocenters. The maximum atomic E-state index is 15.3. The van der Waals surface area contributed by atoms with E-state index >= 15 is 8.78 Å². The van der Waals surface area contributed by atoms with Gasteiger partial charge in [0.05, 0.1) is 71.4 Å². The minimum atomic E-state index is -3.42. The zero-order valence-electron chi connectivity index (χ0n) is 44.2. The number of hydrogen-bond donors (Lipinski definition) is 1. The molecular weight excluding hydrogens is 1020 g/mol. The molecule has 17 nitrogen and oxygen atoms in total. The highest BCUT2D eigenvalue weighted by Gasteiger charge is 2.54. The molecule has 2 saturated carbocycles. The Labute approximate surface area is 456 Å². The van der Waals surface area contributed by atoms with Gasteiger partial charge in [0.1, 0.15) is 34.3 Å². The first-order chi connectivity index (χ1) is 38.1. The molecule has 0 aromatic carbocycles. The average Bonchev–Trinajstić information content (AvgIpc) is 4.29. The van der Waals surface area contributed by atoms with Gasteiger partial charge >= 0.3 is 5.92 Å². The first-order valence-corrected chi connectivity index (χ1v) is 28.8. The SMILES string of the molecule is CC1(O)C2=CCc3nccc(c32)-c2cn(C3(CC#N)CCCC3)nc21.CCS(=O)(=O)N1CC(CC#N)(n2cc3c(n2)C(F)(F)C2=CCc4nccc-3c42)C1.COC1C2=CCc3nccc(c32)-c2cn(C3(CC#N)CCCC3)nc21. The Morgan fingerprint density at radius 2 is 1.10 bits per heavy atom. The molecule has 2 unspecified atom stereocenters. The van der Waals surface area contributed by atoms with E-state index in [0.717, 1.165) is 109 Å². The number of alkyl halides is 2. The molecule has 1 aliphatic heterocycles. The molecule has 1 saturated heterocycles. The van der Waals surface area contributed by atoms with Gasteiger partial charge in [0.15, 0.2) is 0 Å². The molecule has 6 aromatic heterocycles. The predicted molar refractivity (Wildman–Crippen MR) is 287 cm³/mol. The molecule has 7 heterocycles. The predicted octanol–water partition coefficient (Wildman–Crippen LogP) is 9.32. The van der Waals surface area contributed by atoms with Crippen LogP contribution in [0.4, 0.5) is 8.78 Å². The van der Waals surface area contributed by atoms with Crippen molar-refractivity contribution in [1.82, 2.24) is 48.6 Å². The number of sulfonamides is 1. The number of halogens is 2. The first-order valence-electron chi connectivity index (χ1n) is 27.2. The maximum Gasteiger partial charge on any atom is 0.317 e. The minimum Gasteiger partial charge on any atom is -0.379 e. The number of pyridine rings is 3. The summed E-state index contributed by atoms with van der Waals surface area (Å²) in [5.41, 5.74) is 11.8. The number of rotatable bonds is 9. The van der Waals surface area contributed by atoms with Crippen LogP contribution in [0.25, 0.3) is 50.1 Å². The maximum absolute atomic E-state index is 15.3. The Morgan fingerprint density at radius 1 is 0.646 bits per heavy atom. The van der Waals surface area contributed by atoms with Crippen molar-refractivity contribution in [2.45, 2.75) is 138 Å². The van der Waals surface area contributed by atoms with E-state index in [1.54, 1.807) is 26.3 Å². The van der Waals surface area contributed by atoms with Gasteiger partial charge < -0.3 is 9.84 Å². The van der Waals surface area contributed by atoms with E-state index in [4.69, 9.17) is 14.9 Å². The van der Waals surface area contributed by atoms with Gasteiger partial charge in [0.25, 0.3) is 0 Å². The summed E-state index contributed by atoms with van der Waals surface area (Å²) in [5, 5.41) is 53.4. The largest absolute Gasteiger partial charge is 0.379 e. The number of methoxy groups -OCH3 is 1. The van der Waals surface area contributed by atoms with Crippen molar-refractivity contribution in [2.75, 3.05) is 26.0 Å². The van der Waals surface area contributed by atoms with Crippen LogP contribution in [0.2, 0.25) is 0 Å². The van der Waals surface area contributed by atoms with Crippen LogP contribution in [0.3, 0.4) is 0 Å². The summed E-state index contributed by atoms with van der Waals surface area (Å²) in [6.07, 6.45) is 28.2. The zero-order chi connectivity index (χ0) is 54.9. The van der Waals surface area contributed by atoms with Crippen LogP contribution in [0.15, 0.2) is 73.6 Å². The Balaban J connectivity index is 0.000000113. The number of aliphatic hydroxyl groups is 1. The number of nitrogens with zero attached hydrogens (tertiary/aromatic N) is 13. The number of aromatic nitrogens is 9. The summed E-state index contributed by atoms with van der Waals surface area (Å²) in [6, 6.07) is 12.6. The van der Waals surface area contributed by atoms with E-state index in [-0.39, 0.29) is 53.7 Å². The van der Waals surface area contributed by atoms with E-state index in [2.05, 4.69) is 73.6 Å². The first kappa shape index (κ1) is 50.9. The number of nitriles is 3. The van der Waals surface area contributed by atoms with Crippen molar-refractivity contribution >= 4 is 26.7 Å². The van der Waals surface area contributed by atoms with Gasteiger partial charge in [-0.25, -0.2) is 8.42 Å². The minimum absolute atomic E-state index is 0.0218. The Kier molecular flexibility index (Phi) is 11.8. The third-order valence-electron chi connectivity index (χ3n) is 18.3. The number of ether oxygens (including phenoxy) is 1. The smallest absolute Gasteiger partial charge is 0.317 e. The van der Waals surface area contributed by atoms with Gasteiger partial charge in [-0.1, -0.05) is 43.9 Å². The van der Waals surface area contributed by atoms with Gasteiger partial charge in [-0.05, 0) is 85.6 Å². The lowest BCUT2D eigenvalue weighted by molar-refractivity contribution is 0.0477. The van der Waals surface area contributed by atoms with Gasteiger partial charge in [-0.2, -0.15) is 44.2 Å². The van der Waals surface area contributed by atoms with Gasteiger partial charge in [0, 0.05) is 116 Å². The van der Waals surface area contributed by atoms with Crippen molar-refractivity contribution in [1.29, 1.82) is 15.8 Å². The highest BCUT2D eigenvalue weighted by atomic mass is 32.2. The van der Waals surface area contributed by atoms with Crippen LogP contribution in [0, 0.1) is 34.0 Å². The second-order valence-corrected chi connectivity index (χ2v) is 24.9. The van der Waals surface area contributed by atoms with Crippen molar-refractivity contribution in [3.63, 3.8) is 0 Å². The Bertz CT molecular complexity index is 3900. The third kappa shape index (κ3) is 7.46. The fourth-order valence-corrected chi connectivity index (χ4v) is 15.4. The van der Waals surface area contributed by atoms with Gasteiger partial charge in [0.2, 0.25) is 10.0 Å². The van der Waals surface area contributed by atoms with Crippen molar-refractivity contribution in [3.8, 4) is 51.6 Å². The van der Waals surface area contributed by atoms with E-state index in [1.165, 1.54) is 38.0 Å². The molecule has 0 radical (unpaired) electrons. The zero-order valence-corrected chi connectivity index (χ0v) is 45.0. The average molecular weight is 1080 g/mol. The van der Waals surface area contributed by atoms with Crippen LogP contribution in [0.1, 0.15) is 141 Å². The highest BCUT2D eigenvalue weighted by Crippen LogP contribution is 2.57. The molecular formula is C59H57F2N13O4S. The molecule has 6 aromatic rings. The van der Waals surface area contributed by atoms with Gasteiger partial charge in [-0.3, -0.25) is 29.0 Å². The summed E-state index contributed by atoms with van der Waals surface area (Å²) >= 11 is 0. The molecule has 1 N–H and O–H groups in total. The van der Waals surface area contributed by atoms with Crippen molar-refractivity contribution in [2.24, 2.45) is 0 Å². The number of hydrogen-bond acceptors (Lipinski definition) is 13. The molecule has 15 rings (SSSR count). The van der Waals surface area contributed by atoms with Crippen LogP contribution in [0.5, 0.6) is 0 Å². The van der Waals surface area contributed by atoms with Crippen LogP contribution in [-0.4, -0.2) is 88.1 Å². The van der Waals surface area contributed by atoms with Gasteiger partial charge in [-0.15, -0.1) is 0 Å². The molecule has 402 valence electrons.